The lowest BCUT2D eigenvalue weighted by Gasteiger charge is -2.17. The molecule has 0 saturated carbocycles. The van der Waals surface area contributed by atoms with Gasteiger partial charge in [0, 0.05) is 12.2 Å². The third-order valence-corrected chi connectivity index (χ3v) is 1.50. The lowest BCUT2D eigenvalue weighted by molar-refractivity contribution is -0.169. The van der Waals surface area contributed by atoms with E-state index in [0.717, 1.165) is 19.3 Å². The van der Waals surface area contributed by atoms with E-state index in [1.54, 1.807) is 0 Å². The Morgan fingerprint density at radius 3 is 2.31 bits per heavy atom. The van der Waals surface area contributed by atoms with Crippen molar-refractivity contribution in [3.05, 3.63) is 12.2 Å². The Kier molecular flexibility index (Phi) is 2.43. The fraction of sp³-hybridized carbons (Fsp3) is 0.286. The Morgan fingerprint density at radius 2 is 1.92 bits per heavy atom. The van der Waals surface area contributed by atoms with Gasteiger partial charge in [0.1, 0.15) is 0 Å². The average Bonchev–Trinajstić information content (AvgIpc) is 2.44. The maximum atomic E-state index is 10.9. The summed E-state index contributed by atoms with van der Waals surface area (Å²) in [5, 5.41) is 9.13. The Morgan fingerprint density at radius 1 is 1.46 bits per heavy atom. The molecule has 70 valence electrons. The first-order chi connectivity index (χ1) is 6.07. The van der Waals surface area contributed by atoms with Crippen molar-refractivity contribution in [1.82, 2.24) is 4.90 Å². The highest BCUT2D eigenvalue weighted by molar-refractivity contribution is 6.14. The van der Waals surface area contributed by atoms with Crippen molar-refractivity contribution in [1.29, 1.82) is 0 Å². The monoisotopic (exact) mass is 185 g/mol. The summed E-state index contributed by atoms with van der Waals surface area (Å²) in [7, 11) is 1.05. The van der Waals surface area contributed by atoms with Crippen LogP contribution in [-0.4, -0.2) is 41.1 Å². The average molecular weight is 185 g/mol. The van der Waals surface area contributed by atoms with Crippen LogP contribution in [0.15, 0.2) is 12.2 Å². The van der Waals surface area contributed by atoms with Crippen molar-refractivity contribution in [2.24, 2.45) is 0 Å². The maximum Gasteiger partial charge on any atom is 0.356 e. The topological polar surface area (TPSA) is 83.9 Å². The molecule has 0 radical (unpaired) electrons. The molecular weight excluding hydrogens is 178 g/mol. The standard InChI is InChI=1S/C7H7NO5/c1-13-7(12)6(11)8-4(9)2-3-5(8)10/h2-3,6,11H,1H3. The smallest absolute Gasteiger partial charge is 0.356 e. The summed E-state index contributed by atoms with van der Waals surface area (Å²) in [6, 6.07) is 0. The molecule has 1 atom stereocenters. The van der Waals surface area contributed by atoms with Gasteiger partial charge >= 0.3 is 5.97 Å². The molecule has 1 heterocycles. The first kappa shape index (κ1) is 9.40. The third kappa shape index (κ3) is 1.57. The zero-order chi connectivity index (χ0) is 10.0. The van der Waals surface area contributed by atoms with Crippen molar-refractivity contribution in [3.63, 3.8) is 0 Å². The predicted molar refractivity (Wildman–Crippen MR) is 39.0 cm³/mol. The van der Waals surface area contributed by atoms with Crippen LogP contribution in [0.5, 0.6) is 0 Å². The van der Waals surface area contributed by atoms with Gasteiger partial charge in [-0.25, -0.2) is 9.69 Å². The van der Waals surface area contributed by atoms with Crippen LogP contribution in [-0.2, 0) is 19.1 Å². The van der Waals surface area contributed by atoms with Gasteiger partial charge < -0.3 is 9.84 Å². The molecule has 0 aliphatic carbocycles. The minimum atomic E-state index is -1.86. The molecule has 1 aliphatic rings. The molecule has 2 amide bonds. The lowest BCUT2D eigenvalue weighted by atomic mass is 10.4. The molecule has 1 aliphatic heterocycles. The van der Waals surface area contributed by atoms with E-state index in [0.29, 0.717) is 4.90 Å². The van der Waals surface area contributed by atoms with Gasteiger partial charge in [0.25, 0.3) is 11.8 Å². The van der Waals surface area contributed by atoms with Gasteiger partial charge in [-0.2, -0.15) is 0 Å². The normalized spacial score (nSPS) is 17.8. The highest BCUT2D eigenvalue weighted by Gasteiger charge is 2.34. The van der Waals surface area contributed by atoms with Gasteiger partial charge in [-0.3, -0.25) is 9.59 Å². The molecule has 1 N–H and O–H groups in total. The fourth-order valence-corrected chi connectivity index (χ4v) is 0.864. The van der Waals surface area contributed by atoms with Gasteiger partial charge in [-0.15, -0.1) is 0 Å². The molecule has 13 heavy (non-hydrogen) atoms. The Hall–Kier alpha value is -1.69. The zero-order valence-electron chi connectivity index (χ0n) is 6.76. The number of ether oxygens (including phenoxy) is 1. The summed E-state index contributed by atoms with van der Waals surface area (Å²) >= 11 is 0. The Labute approximate surface area is 73.4 Å². The number of aliphatic hydroxyl groups excluding tert-OH is 1. The number of methoxy groups -OCH3 is 1. The molecule has 0 aromatic carbocycles. The summed E-state index contributed by atoms with van der Waals surface area (Å²) in [5.74, 6) is -2.52. The zero-order valence-corrected chi connectivity index (χ0v) is 6.76. The summed E-state index contributed by atoms with van der Waals surface area (Å²) < 4.78 is 4.16. The van der Waals surface area contributed by atoms with Crippen LogP contribution < -0.4 is 0 Å². The van der Waals surface area contributed by atoms with Gasteiger partial charge in [0.15, 0.2) is 0 Å². The summed E-state index contributed by atoms with van der Waals surface area (Å²) in [4.78, 5) is 32.9. The first-order valence-corrected chi connectivity index (χ1v) is 3.39. The predicted octanol–water partition coefficient (Wildman–Crippen LogP) is -1.60. The lowest BCUT2D eigenvalue weighted by Crippen LogP contribution is -2.45. The molecular formula is C7H7NO5. The number of amides is 2. The van der Waals surface area contributed by atoms with Gasteiger partial charge in [-0.1, -0.05) is 0 Å². The second-order valence-electron chi connectivity index (χ2n) is 2.28. The molecule has 6 heteroatoms. The number of nitrogens with zero attached hydrogens (tertiary/aromatic N) is 1. The van der Waals surface area contributed by atoms with E-state index in [1.165, 1.54) is 0 Å². The van der Waals surface area contributed by atoms with Crippen LogP contribution in [0, 0.1) is 0 Å². The van der Waals surface area contributed by atoms with Gasteiger partial charge in [-0.05, 0) is 0 Å². The fourth-order valence-electron chi connectivity index (χ4n) is 0.864. The molecule has 0 aromatic rings. The van der Waals surface area contributed by atoms with Crippen LogP contribution >= 0.6 is 0 Å². The molecule has 0 spiro atoms. The second kappa shape index (κ2) is 3.36. The number of rotatable bonds is 2. The van der Waals surface area contributed by atoms with E-state index in [9.17, 15) is 14.4 Å². The van der Waals surface area contributed by atoms with Crippen molar-refractivity contribution in [2.45, 2.75) is 6.23 Å². The maximum absolute atomic E-state index is 10.9. The number of hydrogen-bond donors (Lipinski definition) is 1. The second-order valence-corrected chi connectivity index (χ2v) is 2.28. The number of imide groups is 1. The van der Waals surface area contributed by atoms with E-state index in [2.05, 4.69) is 4.74 Å². The summed E-state index contributed by atoms with van der Waals surface area (Å²) in [6.45, 7) is 0. The molecule has 1 unspecified atom stereocenters. The number of hydrogen-bond acceptors (Lipinski definition) is 5. The molecule has 0 saturated heterocycles. The minimum absolute atomic E-state index is 0.409. The van der Waals surface area contributed by atoms with E-state index in [-0.39, 0.29) is 0 Å². The van der Waals surface area contributed by atoms with E-state index in [1.807, 2.05) is 0 Å². The van der Waals surface area contributed by atoms with Crippen LogP contribution in [0.2, 0.25) is 0 Å². The molecule has 1 rings (SSSR count). The number of esters is 1. The largest absolute Gasteiger partial charge is 0.466 e. The van der Waals surface area contributed by atoms with Gasteiger partial charge in [0.05, 0.1) is 7.11 Å². The van der Waals surface area contributed by atoms with E-state index >= 15 is 0 Å². The SMILES string of the molecule is COC(=O)C(O)N1C(=O)C=CC1=O. The van der Waals surface area contributed by atoms with Crippen LogP contribution in [0.3, 0.4) is 0 Å². The Balaban J connectivity index is 2.78. The van der Waals surface area contributed by atoms with Crippen molar-refractivity contribution < 1.29 is 24.2 Å². The van der Waals surface area contributed by atoms with Crippen molar-refractivity contribution in [3.8, 4) is 0 Å². The van der Waals surface area contributed by atoms with Gasteiger partial charge in [0.2, 0.25) is 6.23 Å². The van der Waals surface area contributed by atoms with Crippen LogP contribution in [0.4, 0.5) is 0 Å². The molecule has 6 nitrogen and oxygen atoms in total. The summed E-state index contributed by atoms with van der Waals surface area (Å²) in [5.41, 5.74) is 0. The van der Waals surface area contributed by atoms with Crippen molar-refractivity contribution in [2.75, 3.05) is 7.11 Å². The van der Waals surface area contributed by atoms with Crippen LogP contribution in [0.1, 0.15) is 0 Å². The quantitative estimate of drug-likeness (QED) is 0.414. The van der Waals surface area contributed by atoms with E-state index in [4.69, 9.17) is 5.11 Å². The summed E-state index contributed by atoms with van der Waals surface area (Å²) in [6.07, 6.45) is 0.0724. The molecule has 0 fully saturated rings. The number of carbonyl (C=O) groups excluding carboxylic acids is 3. The highest BCUT2D eigenvalue weighted by atomic mass is 16.5. The van der Waals surface area contributed by atoms with E-state index < -0.39 is 24.0 Å². The number of aliphatic hydroxyl groups is 1. The molecule has 0 aromatic heterocycles. The minimum Gasteiger partial charge on any atom is -0.466 e. The van der Waals surface area contributed by atoms with Crippen molar-refractivity contribution >= 4 is 17.8 Å². The van der Waals surface area contributed by atoms with Crippen LogP contribution in [0.25, 0.3) is 0 Å². The first-order valence-electron chi connectivity index (χ1n) is 3.39. The third-order valence-electron chi connectivity index (χ3n) is 1.50. The Bertz CT molecular complexity index is 277. The molecule has 0 bridgehead atoms. The highest BCUT2D eigenvalue weighted by Crippen LogP contribution is 2.07. The number of carbonyl (C=O) groups is 3.